The van der Waals surface area contributed by atoms with E-state index in [1.807, 2.05) is 21.1 Å². The van der Waals surface area contributed by atoms with Crippen LogP contribution in [0.25, 0.3) is 0 Å². The SMILES string of the molecule is CC/C=C\C/C=C\C/C=C\C/C=C\C/C=C\C/C=C\C/C=C\C/C=C\C/C=C\C/C=C\CCCCCCCCCCC(=O)OC(COC(=O)CCCCCCCCCCCCCC/C=C\C/C=C\C/C=C\CCCCCCC)COP(=O)([O-])OCC[N+](C)(C)C. The molecule has 0 amide bonds. The molecule has 512 valence electrons. The number of unbranched alkanes of at least 4 members (excludes halogenated alkanes) is 25. The summed E-state index contributed by atoms with van der Waals surface area (Å²) in [4.78, 5) is 38.1. The van der Waals surface area contributed by atoms with Crippen LogP contribution in [0.15, 0.2) is 158 Å². The second kappa shape index (κ2) is 69.0. The molecule has 0 bridgehead atoms. The van der Waals surface area contributed by atoms with Gasteiger partial charge in [-0.1, -0.05) is 300 Å². The lowest BCUT2D eigenvalue weighted by molar-refractivity contribution is -0.870. The van der Waals surface area contributed by atoms with Gasteiger partial charge in [0.05, 0.1) is 27.7 Å². The molecular formula is C80H134NO8P. The molecule has 0 fully saturated rings. The molecule has 0 N–H and O–H groups in total. The second-order valence-corrected chi connectivity index (χ2v) is 26.3. The molecule has 0 aliphatic heterocycles. The van der Waals surface area contributed by atoms with Gasteiger partial charge >= 0.3 is 11.9 Å². The van der Waals surface area contributed by atoms with E-state index in [0.717, 1.165) is 122 Å². The van der Waals surface area contributed by atoms with Gasteiger partial charge in [-0.05, 0) is 128 Å². The molecule has 2 unspecified atom stereocenters. The standard InChI is InChI=1S/C80H134NO8P/c1-6-8-10-12-14-16-18-20-22-24-26-28-30-32-34-35-36-37-38-39-40-41-42-43-44-45-47-49-51-53-55-57-59-61-63-65-67-69-71-73-80(83)89-78(77-88-90(84,85)87-75-74-81(3,4)5)76-86-79(82)72-70-68-66-64-62-60-58-56-54-52-50-48-46-33-31-29-27-25-23-21-19-17-15-13-11-9-7-2/h8,10,14,16,19-22,25-28,31-34,36-37,39-40,42-43,45,47,51,53,78H,6-7,9,11-13,15,17-18,23-24,29-30,35,38,41,44,46,48-50,52,54-77H2,1-5H3/b10-8-,16-14-,21-19-,22-20-,27-25-,28-26-,33-31-,34-32-,37-36-,40-39-,43-42-,47-45-,53-51-. The zero-order valence-electron chi connectivity index (χ0n) is 58.3. The third kappa shape index (κ3) is 72.7. The van der Waals surface area contributed by atoms with Crippen LogP contribution >= 0.6 is 7.82 Å². The number of quaternary nitrogens is 1. The van der Waals surface area contributed by atoms with E-state index in [-0.39, 0.29) is 26.1 Å². The largest absolute Gasteiger partial charge is 0.756 e. The summed E-state index contributed by atoms with van der Waals surface area (Å²) in [6.45, 7) is 4.10. The maximum absolute atomic E-state index is 12.9. The Morgan fingerprint density at radius 1 is 0.356 bits per heavy atom. The molecule has 0 aliphatic carbocycles. The Morgan fingerprint density at radius 3 is 0.944 bits per heavy atom. The number of allylic oxidation sites excluding steroid dienone is 26. The van der Waals surface area contributed by atoms with Gasteiger partial charge in [0, 0.05) is 12.8 Å². The van der Waals surface area contributed by atoms with E-state index in [4.69, 9.17) is 18.5 Å². The van der Waals surface area contributed by atoms with Crippen LogP contribution in [0.1, 0.15) is 284 Å². The quantitative estimate of drug-likeness (QED) is 0.0195. The molecule has 90 heavy (non-hydrogen) atoms. The van der Waals surface area contributed by atoms with Crippen LogP contribution in [-0.2, 0) is 32.7 Å². The fraction of sp³-hybridized carbons (Fsp3) is 0.650. The van der Waals surface area contributed by atoms with Crippen LogP contribution in [0.2, 0.25) is 0 Å². The van der Waals surface area contributed by atoms with Crippen molar-refractivity contribution in [3.05, 3.63) is 158 Å². The van der Waals surface area contributed by atoms with Gasteiger partial charge in [-0.2, -0.15) is 0 Å². The Balaban J connectivity index is 4.12. The highest BCUT2D eigenvalue weighted by Gasteiger charge is 2.22. The molecule has 0 aromatic carbocycles. The summed E-state index contributed by atoms with van der Waals surface area (Å²) in [6.07, 6.45) is 103. The number of likely N-dealkylation sites (N-methyl/N-ethyl adjacent to an activating group) is 1. The van der Waals surface area contributed by atoms with Crippen molar-refractivity contribution < 1.29 is 42.1 Å². The second-order valence-electron chi connectivity index (χ2n) is 24.9. The van der Waals surface area contributed by atoms with Gasteiger partial charge in [-0.25, -0.2) is 0 Å². The number of ether oxygens (including phenoxy) is 2. The molecular weight excluding hydrogens is 1130 g/mol. The first-order chi connectivity index (χ1) is 44.0. The van der Waals surface area contributed by atoms with Crippen molar-refractivity contribution in [1.82, 2.24) is 0 Å². The third-order valence-electron chi connectivity index (χ3n) is 15.0. The lowest BCUT2D eigenvalue weighted by Crippen LogP contribution is -2.37. The maximum Gasteiger partial charge on any atom is 0.306 e. The summed E-state index contributed by atoms with van der Waals surface area (Å²) in [6, 6.07) is 0. The van der Waals surface area contributed by atoms with Gasteiger partial charge in [-0.3, -0.25) is 14.2 Å². The highest BCUT2D eigenvalue weighted by Crippen LogP contribution is 2.38. The first-order valence-electron chi connectivity index (χ1n) is 36.2. The highest BCUT2D eigenvalue weighted by atomic mass is 31.2. The topological polar surface area (TPSA) is 111 Å². The molecule has 0 saturated heterocycles. The number of carbonyl (C=O) groups excluding carboxylic acids is 2. The fourth-order valence-corrected chi connectivity index (χ4v) is 10.2. The molecule has 2 atom stereocenters. The first-order valence-corrected chi connectivity index (χ1v) is 37.7. The Hall–Kier alpha value is -4.37. The van der Waals surface area contributed by atoms with Gasteiger partial charge in [0.2, 0.25) is 0 Å². The van der Waals surface area contributed by atoms with Gasteiger partial charge < -0.3 is 27.9 Å². The average Bonchev–Trinajstić information content (AvgIpc) is 3.58. The van der Waals surface area contributed by atoms with E-state index in [1.165, 1.54) is 128 Å². The van der Waals surface area contributed by atoms with Crippen LogP contribution in [0, 0.1) is 0 Å². The smallest absolute Gasteiger partial charge is 0.306 e. The molecule has 0 aromatic heterocycles. The van der Waals surface area contributed by atoms with Crippen molar-refractivity contribution >= 4 is 19.8 Å². The van der Waals surface area contributed by atoms with Gasteiger partial charge in [0.15, 0.2) is 6.10 Å². The number of hydrogen-bond donors (Lipinski definition) is 0. The van der Waals surface area contributed by atoms with Crippen molar-refractivity contribution in [3.8, 4) is 0 Å². The maximum atomic E-state index is 12.9. The molecule has 0 aromatic rings. The number of rotatable bonds is 65. The summed E-state index contributed by atoms with van der Waals surface area (Å²) in [7, 11) is 1.14. The van der Waals surface area contributed by atoms with Crippen molar-refractivity contribution in [3.63, 3.8) is 0 Å². The van der Waals surface area contributed by atoms with Crippen LogP contribution in [0.5, 0.6) is 0 Å². The van der Waals surface area contributed by atoms with Crippen molar-refractivity contribution in [2.45, 2.75) is 290 Å². The molecule has 0 saturated carbocycles. The van der Waals surface area contributed by atoms with Crippen molar-refractivity contribution in [1.29, 1.82) is 0 Å². The van der Waals surface area contributed by atoms with Gasteiger partial charge in [0.1, 0.15) is 19.8 Å². The predicted octanol–water partition coefficient (Wildman–Crippen LogP) is 23.3. The lowest BCUT2D eigenvalue weighted by atomic mass is 10.0. The van der Waals surface area contributed by atoms with Gasteiger partial charge in [-0.15, -0.1) is 0 Å². The summed E-state index contributed by atoms with van der Waals surface area (Å²) in [5.41, 5.74) is 0. The van der Waals surface area contributed by atoms with Crippen LogP contribution < -0.4 is 4.89 Å². The normalized spacial score (nSPS) is 14.1. The summed E-state index contributed by atoms with van der Waals surface area (Å²) >= 11 is 0. The summed E-state index contributed by atoms with van der Waals surface area (Å²) in [5.74, 6) is -0.849. The van der Waals surface area contributed by atoms with E-state index in [0.29, 0.717) is 17.4 Å². The Morgan fingerprint density at radius 2 is 0.633 bits per heavy atom. The average molecular weight is 1270 g/mol. The molecule has 0 spiro atoms. The van der Waals surface area contributed by atoms with E-state index in [9.17, 15) is 19.0 Å². The summed E-state index contributed by atoms with van der Waals surface area (Å²) < 4.78 is 34.3. The van der Waals surface area contributed by atoms with E-state index in [2.05, 4.69) is 172 Å². The zero-order valence-corrected chi connectivity index (χ0v) is 59.2. The van der Waals surface area contributed by atoms with Crippen molar-refractivity contribution in [2.24, 2.45) is 0 Å². The fourth-order valence-electron chi connectivity index (χ4n) is 9.52. The number of hydrogen-bond acceptors (Lipinski definition) is 8. The predicted molar refractivity (Wildman–Crippen MR) is 387 cm³/mol. The number of esters is 2. The number of phosphoric ester groups is 1. The molecule has 0 heterocycles. The minimum Gasteiger partial charge on any atom is -0.756 e. The third-order valence-corrected chi connectivity index (χ3v) is 16.0. The zero-order chi connectivity index (χ0) is 65.5. The molecule has 0 aliphatic rings. The van der Waals surface area contributed by atoms with Gasteiger partial charge in [0.25, 0.3) is 7.82 Å². The highest BCUT2D eigenvalue weighted by molar-refractivity contribution is 7.45. The van der Waals surface area contributed by atoms with Crippen LogP contribution in [-0.4, -0.2) is 70.0 Å². The molecule has 10 heteroatoms. The number of carbonyl (C=O) groups is 2. The van der Waals surface area contributed by atoms with E-state index in [1.54, 1.807) is 0 Å². The van der Waals surface area contributed by atoms with E-state index < -0.39 is 32.5 Å². The monoisotopic (exact) mass is 1270 g/mol. The molecule has 9 nitrogen and oxygen atoms in total. The van der Waals surface area contributed by atoms with E-state index >= 15 is 0 Å². The number of phosphoric acid groups is 1. The van der Waals surface area contributed by atoms with Crippen molar-refractivity contribution in [2.75, 3.05) is 47.5 Å². The molecule has 0 rings (SSSR count). The molecule has 0 radical (unpaired) electrons. The van der Waals surface area contributed by atoms with Crippen LogP contribution in [0.3, 0.4) is 0 Å². The minimum absolute atomic E-state index is 0.0403. The Kier molecular flexibility index (Phi) is 65.6. The number of nitrogens with zero attached hydrogens (tertiary/aromatic N) is 1. The Bertz CT molecular complexity index is 2080. The lowest BCUT2D eigenvalue weighted by Gasteiger charge is -2.28. The summed E-state index contributed by atoms with van der Waals surface area (Å²) in [5, 5.41) is 0. The Labute approximate surface area is 554 Å². The van der Waals surface area contributed by atoms with Crippen LogP contribution in [0.4, 0.5) is 0 Å². The first kappa shape index (κ1) is 85.6. The minimum atomic E-state index is -4.66.